The van der Waals surface area contributed by atoms with Crippen LogP contribution >= 0.6 is 0 Å². The highest BCUT2D eigenvalue weighted by Crippen LogP contribution is 2.39. The fraction of sp³-hybridized carbons (Fsp3) is 0.333. The molecule has 3 heterocycles. The number of halogens is 3. The molecule has 3 aromatic rings. The van der Waals surface area contributed by atoms with E-state index in [4.69, 9.17) is 9.26 Å². The van der Waals surface area contributed by atoms with Gasteiger partial charge in [0.15, 0.2) is 11.5 Å². The monoisotopic (exact) mass is 417 g/mol. The molecule has 0 spiro atoms. The van der Waals surface area contributed by atoms with Crippen molar-refractivity contribution in [3.63, 3.8) is 0 Å². The SMILES string of the molecule is CCC1(CC)CC(=O)c2cc(-c3noc(-c4cccnc4C(F)(F)F)n3)ccc2O1. The van der Waals surface area contributed by atoms with E-state index in [-0.39, 0.29) is 29.5 Å². The summed E-state index contributed by atoms with van der Waals surface area (Å²) in [5.41, 5.74) is -1.09. The van der Waals surface area contributed by atoms with Crippen LogP contribution in [0.15, 0.2) is 41.1 Å². The van der Waals surface area contributed by atoms with Crippen LogP contribution in [0.3, 0.4) is 0 Å². The first-order valence-corrected chi connectivity index (χ1v) is 9.49. The van der Waals surface area contributed by atoms with Crippen molar-refractivity contribution in [2.75, 3.05) is 0 Å². The number of benzene rings is 1. The number of carbonyl (C=O) groups is 1. The van der Waals surface area contributed by atoms with Gasteiger partial charge in [0.2, 0.25) is 5.82 Å². The Balaban J connectivity index is 1.70. The van der Waals surface area contributed by atoms with Crippen molar-refractivity contribution in [3.05, 3.63) is 47.8 Å². The summed E-state index contributed by atoms with van der Waals surface area (Å²) < 4.78 is 50.8. The molecule has 0 radical (unpaired) electrons. The minimum atomic E-state index is -4.66. The fourth-order valence-corrected chi connectivity index (χ4v) is 3.53. The zero-order valence-corrected chi connectivity index (χ0v) is 16.3. The second kappa shape index (κ2) is 7.23. The van der Waals surface area contributed by atoms with Gasteiger partial charge in [0.25, 0.3) is 5.89 Å². The average molecular weight is 417 g/mol. The van der Waals surface area contributed by atoms with E-state index in [0.29, 0.717) is 29.7 Å². The second-order valence-electron chi connectivity index (χ2n) is 7.12. The Hall–Kier alpha value is -3.23. The Bertz CT molecular complexity index is 1100. The molecule has 1 aliphatic rings. The third kappa shape index (κ3) is 3.44. The van der Waals surface area contributed by atoms with E-state index in [1.54, 1.807) is 18.2 Å². The molecule has 4 rings (SSSR count). The van der Waals surface area contributed by atoms with Gasteiger partial charge < -0.3 is 9.26 Å². The lowest BCUT2D eigenvalue weighted by atomic mass is 9.85. The van der Waals surface area contributed by atoms with Gasteiger partial charge in [0.05, 0.1) is 17.5 Å². The molecule has 0 saturated heterocycles. The van der Waals surface area contributed by atoms with Crippen molar-refractivity contribution in [2.45, 2.75) is 44.9 Å². The summed E-state index contributed by atoms with van der Waals surface area (Å²) in [7, 11) is 0. The minimum Gasteiger partial charge on any atom is -0.486 e. The quantitative estimate of drug-likeness (QED) is 0.570. The lowest BCUT2D eigenvalue weighted by molar-refractivity contribution is -0.140. The summed E-state index contributed by atoms with van der Waals surface area (Å²) in [5.74, 6) is 0.188. The molecular formula is C21H18F3N3O3. The van der Waals surface area contributed by atoms with E-state index < -0.39 is 17.5 Å². The van der Waals surface area contributed by atoms with Gasteiger partial charge in [-0.1, -0.05) is 19.0 Å². The van der Waals surface area contributed by atoms with Crippen LogP contribution in [0.25, 0.3) is 22.8 Å². The van der Waals surface area contributed by atoms with Crippen LogP contribution < -0.4 is 4.74 Å². The standard InChI is InChI=1S/C21H18F3N3O3/c1-3-20(4-2)11-15(28)14-10-12(7-8-16(14)29-20)18-26-19(30-27-18)13-6-5-9-25-17(13)21(22,23)24/h5-10H,3-4,11H2,1-2H3. The smallest absolute Gasteiger partial charge is 0.434 e. The van der Waals surface area contributed by atoms with Crippen molar-refractivity contribution in [2.24, 2.45) is 0 Å². The summed E-state index contributed by atoms with van der Waals surface area (Å²) in [4.78, 5) is 20.2. The maximum Gasteiger partial charge on any atom is 0.434 e. The van der Waals surface area contributed by atoms with Crippen LogP contribution in [-0.2, 0) is 6.18 Å². The molecule has 0 aliphatic carbocycles. The molecule has 156 valence electrons. The molecule has 30 heavy (non-hydrogen) atoms. The Labute approximate surface area is 170 Å². The Morgan fingerprint density at radius 1 is 1.13 bits per heavy atom. The van der Waals surface area contributed by atoms with Crippen LogP contribution in [0.1, 0.15) is 49.2 Å². The first-order valence-electron chi connectivity index (χ1n) is 9.49. The van der Waals surface area contributed by atoms with E-state index in [0.717, 1.165) is 6.20 Å². The van der Waals surface area contributed by atoms with Crippen molar-refractivity contribution in [1.82, 2.24) is 15.1 Å². The molecule has 9 heteroatoms. The highest BCUT2D eigenvalue weighted by Gasteiger charge is 2.38. The van der Waals surface area contributed by atoms with Crippen molar-refractivity contribution >= 4 is 5.78 Å². The van der Waals surface area contributed by atoms with Gasteiger partial charge in [0, 0.05) is 11.8 Å². The van der Waals surface area contributed by atoms with Gasteiger partial charge >= 0.3 is 6.18 Å². The van der Waals surface area contributed by atoms with E-state index in [1.807, 2.05) is 13.8 Å². The molecule has 0 saturated carbocycles. The largest absolute Gasteiger partial charge is 0.486 e. The molecule has 0 amide bonds. The summed E-state index contributed by atoms with van der Waals surface area (Å²) in [5, 5.41) is 3.79. The third-order valence-corrected chi connectivity index (χ3v) is 5.37. The van der Waals surface area contributed by atoms with E-state index >= 15 is 0 Å². The molecule has 0 unspecified atom stereocenters. The molecule has 6 nitrogen and oxygen atoms in total. The molecule has 2 aromatic heterocycles. The summed E-state index contributed by atoms with van der Waals surface area (Å²) in [6, 6.07) is 7.46. The summed E-state index contributed by atoms with van der Waals surface area (Å²) in [6.45, 7) is 3.95. The maximum atomic E-state index is 13.2. The van der Waals surface area contributed by atoms with E-state index in [9.17, 15) is 18.0 Å². The lowest BCUT2D eigenvalue weighted by Gasteiger charge is -2.36. The highest BCUT2D eigenvalue weighted by molar-refractivity contribution is 6.01. The normalized spacial score (nSPS) is 15.6. The number of aromatic nitrogens is 3. The first-order chi connectivity index (χ1) is 14.3. The van der Waals surface area contributed by atoms with E-state index in [1.165, 1.54) is 12.1 Å². The van der Waals surface area contributed by atoms with Crippen molar-refractivity contribution in [1.29, 1.82) is 0 Å². The summed E-state index contributed by atoms with van der Waals surface area (Å²) >= 11 is 0. The third-order valence-electron chi connectivity index (χ3n) is 5.37. The van der Waals surface area contributed by atoms with Crippen molar-refractivity contribution < 1.29 is 27.2 Å². The molecular weight excluding hydrogens is 399 g/mol. The first kappa shape index (κ1) is 20.1. The fourth-order valence-electron chi connectivity index (χ4n) is 3.53. The zero-order valence-electron chi connectivity index (χ0n) is 16.3. The van der Waals surface area contributed by atoms with Crippen LogP contribution in [0.4, 0.5) is 13.2 Å². The number of ether oxygens (including phenoxy) is 1. The number of Topliss-reactive ketones (excluding diaryl/α,β-unsaturated/α-hetero) is 1. The predicted molar refractivity (Wildman–Crippen MR) is 101 cm³/mol. The number of rotatable bonds is 4. The number of hydrogen-bond acceptors (Lipinski definition) is 6. The van der Waals surface area contributed by atoms with Gasteiger partial charge in [0.1, 0.15) is 11.4 Å². The van der Waals surface area contributed by atoms with Gasteiger partial charge in [-0.15, -0.1) is 0 Å². The van der Waals surface area contributed by atoms with Crippen LogP contribution in [0.5, 0.6) is 5.75 Å². The number of pyridine rings is 1. The number of alkyl halides is 3. The number of fused-ring (bicyclic) bond motifs is 1. The number of carbonyl (C=O) groups excluding carboxylic acids is 1. The number of hydrogen-bond donors (Lipinski definition) is 0. The van der Waals surface area contributed by atoms with Gasteiger partial charge in [-0.05, 0) is 43.2 Å². The molecule has 0 atom stereocenters. The molecule has 0 fully saturated rings. The average Bonchev–Trinajstić information content (AvgIpc) is 3.23. The van der Waals surface area contributed by atoms with Crippen LogP contribution in [0, 0.1) is 0 Å². The molecule has 1 aliphatic heterocycles. The van der Waals surface area contributed by atoms with Gasteiger partial charge in [-0.2, -0.15) is 18.2 Å². The predicted octanol–water partition coefficient (Wildman–Crippen LogP) is 5.34. The van der Waals surface area contributed by atoms with Crippen LogP contribution in [0.2, 0.25) is 0 Å². The minimum absolute atomic E-state index is 0.0582. The van der Waals surface area contributed by atoms with Crippen molar-refractivity contribution in [3.8, 4) is 28.6 Å². The lowest BCUT2D eigenvalue weighted by Crippen LogP contribution is -2.40. The zero-order chi connectivity index (χ0) is 21.5. The van der Waals surface area contributed by atoms with Gasteiger partial charge in [-0.25, -0.2) is 0 Å². The molecule has 0 N–H and O–H groups in total. The molecule has 0 bridgehead atoms. The number of nitrogens with zero attached hydrogens (tertiary/aromatic N) is 3. The van der Waals surface area contributed by atoms with E-state index in [2.05, 4.69) is 15.1 Å². The Morgan fingerprint density at radius 3 is 2.60 bits per heavy atom. The Kier molecular flexibility index (Phi) is 4.83. The molecule has 1 aromatic carbocycles. The topological polar surface area (TPSA) is 78.1 Å². The Morgan fingerprint density at radius 2 is 1.90 bits per heavy atom. The second-order valence-corrected chi connectivity index (χ2v) is 7.12. The van der Waals surface area contributed by atoms with Crippen LogP contribution in [-0.4, -0.2) is 26.5 Å². The number of ketones is 1. The highest BCUT2D eigenvalue weighted by atomic mass is 19.4. The summed E-state index contributed by atoms with van der Waals surface area (Å²) in [6.07, 6.45) is -1.94. The van der Waals surface area contributed by atoms with Gasteiger partial charge in [-0.3, -0.25) is 9.78 Å². The maximum absolute atomic E-state index is 13.2.